The van der Waals surface area contributed by atoms with Crippen LogP contribution in [0.4, 0.5) is 0 Å². The minimum atomic E-state index is -0.722. The maximum atomic E-state index is 12.3. The zero-order valence-corrected chi connectivity index (χ0v) is 13.9. The van der Waals surface area contributed by atoms with E-state index < -0.39 is 5.54 Å². The molecule has 0 aromatic carbocycles. The Balaban J connectivity index is 2.20. The summed E-state index contributed by atoms with van der Waals surface area (Å²) in [6.07, 6.45) is 5.68. The topological polar surface area (TPSA) is 104 Å². The van der Waals surface area contributed by atoms with E-state index in [0.717, 1.165) is 18.9 Å². The zero-order valence-electron chi connectivity index (χ0n) is 13.9. The molecule has 2 amide bonds. The number of hydrogen-bond acceptors (Lipinski definition) is 5. The Kier molecular flexibility index (Phi) is 5.38. The molecule has 1 aromatic rings. The van der Waals surface area contributed by atoms with Gasteiger partial charge in [-0.1, -0.05) is 19.4 Å². The lowest BCUT2D eigenvalue weighted by Gasteiger charge is -2.30. The number of ether oxygens (including phenoxy) is 1. The molecule has 1 heterocycles. The van der Waals surface area contributed by atoms with E-state index in [4.69, 9.17) is 4.74 Å². The SMILES string of the molecule is C=CC(=O)N(C)CC(=O)NC1(c2ncc(OC)c(=O)[nH]2)CCCC1. The first-order valence-electron chi connectivity index (χ1n) is 7.74. The molecule has 1 fully saturated rings. The van der Waals surface area contributed by atoms with Gasteiger partial charge in [0, 0.05) is 7.05 Å². The molecule has 24 heavy (non-hydrogen) atoms. The van der Waals surface area contributed by atoms with Crippen molar-refractivity contribution in [3.8, 4) is 5.75 Å². The molecule has 1 saturated carbocycles. The van der Waals surface area contributed by atoms with Gasteiger partial charge in [-0.3, -0.25) is 14.4 Å². The number of amides is 2. The van der Waals surface area contributed by atoms with E-state index >= 15 is 0 Å². The molecule has 130 valence electrons. The van der Waals surface area contributed by atoms with E-state index in [0.29, 0.717) is 18.7 Å². The Labute approximate surface area is 139 Å². The Hall–Kier alpha value is -2.64. The molecule has 0 saturated heterocycles. The lowest BCUT2D eigenvalue weighted by atomic mass is 9.96. The minimum Gasteiger partial charge on any atom is -0.490 e. The van der Waals surface area contributed by atoms with Crippen LogP contribution in [0, 0.1) is 0 Å². The van der Waals surface area contributed by atoms with Crippen LogP contribution in [0.15, 0.2) is 23.6 Å². The molecule has 0 bridgehead atoms. The number of nitrogens with zero attached hydrogens (tertiary/aromatic N) is 2. The summed E-state index contributed by atoms with van der Waals surface area (Å²) in [5, 5.41) is 2.94. The number of aromatic amines is 1. The second-order valence-electron chi connectivity index (χ2n) is 5.87. The van der Waals surface area contributed by atoms with E-state index in [1.807, 2.05) is 0 Å². The Morgan fingerprint density at radius 3 is 2.71 bits per heavy atom. The standard InChI is InChI=1S/C16H22N4O4/c1-4-13(22)20(2)10-12(21)19-16(7-5-6-8-16)15-17-9-11(24-3)14(23)18-15/h4,9H,1,5-8,10H2,2-3H3,(H,19,21)(H,17,18,23). The van der Waals surface area contributed by atoms with Crippen molar-refractivity contribution < 1.29 is 14.3 Å². The fraction of sp³-hybridized carbons (Fsp3) is 0.500. The minimum absolute atomic E-state index is 0.0903. The third-order valence-corrected chi connectivity index (χ3v) is 4.21. The van der Waals surface area contributed by atoms with Crippen molar-refractivity contribution in [2.75, 3.05) is 20.7 Å². The first kappa shape index (κ1) is 17.7. The molecule has 1 aliphatic rings. The van der Waals surface area contributed by atoms with Crippen LogP contribution in [-0.2, 0) is 15.1 Å². The average Bonchev–Trinajstić information content (AvgIpc) is 3.03. The summed E-state index contributed by atoms with van der Waals surface area (Å²) in [6, 6.07) is 0. The summed E-state index contributed by atoms with van der Waals surface area (Å²) in [6.45, 7) is 3.30. The Morgan fingerprint density at radius 2 is 2.17 bits per heavy atom. The van der Waals surface area contributed by atoms with Gasteiger partial charge < -0.3 is 19.9 Å². The van der Waals surface area contributed by atoms with E-state index in [1.165, 1.54) is 25.3 Å². The van der Waals surface area contributed by atoms with Crippen LogP contribution in [0.25, 0.3) is 0 Å². The molecule has 0 unspecified atom stereocenters. The highest BCUT2D eigenvalue weighted by molar-refractivity contribution is 5.90. The van der Waals surface area contributed by atoms with E-state index in [9.17, 15) is 14.4 Å². The van der Waals surface area contributed by atoms with Gasteiger partial charge in [-0.15, -0.1) is 0 Å². The van der Waals surface area contributed by atoms with Crippen molar-refractivity contribution in [3.63, 3.8) is 0 Å². The van der Waals surface area contributed by atoms with Gasteiger partial charge in [-0.25, -0.2) is 4.98 Å². The van der Waals surface area contributed by atoms with Crippen molar-refractivity contribution in [1.82, 2.24) is 20.2 Å². The molecular weight excluding hydrogens is 312 g/mol. The molecule has 2 N–H and O–H groups in total. The third kappa shape index (κ3) is 3.64. The second-order valence-corrected chi connectivity index (χ2v) is 5.87. The second kappa shape index (κ2) is 7.29. The van der Waals surface area contributed by atoms with Gasteiger partial charge in [0.1, 0.15) is 5.82 Å². The lowest BCUT2D eigenvalue weighted by Crippen LogP contribution is -2.49. The number of nitrogens with one attached hydrogen (secondary N) is 2. The molecular formula is C16H22N4O4. The van der Waals surface area contributed by atoms with Gasteiger partial charge in [0.05, 0.1) is 25.4 Å². The summed E-state index contributed by atoms with van der Waals surface area (Å²) in [7, 11) is 2.92. The molecule has 8 heteroatoms. The molecule has 0 atom stereocenters. The maximum absolute atomic E-state index is 12.3. The molecule has 0 spiro atoms. The van der Waals surface area contributed by atoms with Gasteiger partial charge >= 0.3 is 0 Å². The largest absolute Gasteiger partial charge is 0.490 e. The summed E-state index contributed by atoms with van der Waals surface area (Å²) < 4.78 is 4.92. The van der Waals surface area contributed by atoms with Crippen LogP contribution in [0.2, 0.25) is 0 Å². The molecule has 1 aromatic heterocycles. The summed E-state index contributed by atoms with van der Waals surface area (Å²) in [4.78, 5) is 44.0. The van der Waals surface area contributed by atoms with Crippen molar-refractivity contribution in [3.05, 3.63) is 35.0 Å². The monoisotopic (exact) mass is 334 g/mol. The summed E-state index contributed by atoms with van der Waals surface area (Å²) in [5.41, 5.74) is -1.11. The molecule has 2 rings (SSSR count). The van der Waals surface area contributed by atoms with Crippen LogP contribution in [-0.4, -0.2) is 47.4 Å². The fourth-order valence-corrected chi connectivity index (χ4v) is 2.93. The van der Waals surface area contributed by atoms with Gasteiger partial charge in [0.15, 0.2) is 0 Å². The predicted molar refractivity (Wildman–Crippen MR) is 87.5 cm³/mol. The molecule has 0 aliphatic heterocycles. The van der Waals surface area contributed by atoms with Gasteiger partial charge in [-0.05, 0) is 18.9 Å². The summed E-state index contributed by atoms with van der Waals surface area (Å²) in [5.74, 6) is -0.110. The van der Waals surface area contributed by atoms with Crippen molar-refractivity contribution in [2.24, 2.45) is 0 Å². The third-order valence-electron chi connectivity index (χ3n) is 4.21. The normalized spacial score (nSPS) is 15.6. The van der Waals surface area contributed by atoms with E-state index in [1.54, 1.807) is 0 Å². The van der Waals surface area contributed by atoms with Crippen LogP contribution in [0.3, 0.4) is 0 Å². The summed E-state index contributed by atoms with van der Waals surface area (Å²) >= 11 is 0. The predicted octanol–water partition coefficient (Wildman–Crippen LogP) is 0.308. The number of likely N-dealkylation sites (N-methyl/N-ethyl adjacent to an activating group) is 1. The van der Waals surface area contributed by atoms with Crippen LogP contribution < -0.4 is 15.6 Å². The van der Waals surface area contributed by atoms with Gasteiger partial charge in [0.2, 0.25) is 17.6 Å². The quantitative estimate of drug-likeness (QED) is 0.729. The first-order valence-corrected chi connectivity index (χ1v) is 7.74. The first-order chi connectivity index (χ1) is 11.4. The average molecular weight is 334 g/mol. The zero-order chi connectivity index (χ0) is 17.7. The van der Waals surface area contributed by atoms with E-state index in [-0.39, 0.29) is 29.7 Å². The fourth-order valence-electron chi connectivity index (χ4n) is 2.93. The number of rotatable bonds is 6. The lowest BCUT2D eigenvalue weighted by molar-refractivity contribution is -0.132. The Morgan fingerprint density at radius 1 is 1.50 bits per heavy atom. The number of aromatic nitrogens is 2. The number of methoxy groups -OCH3 is 1. The van der Waals surface area contributed by atoms with Crippen molar-refractivity contribution >= 4 is 11.8 Å². The van der Waals surface area contributed by atoms with Crippen molar-refractivity contribution in [1.29, 1.82) is 0 Å². The number of H-pyrrole nitrogens is 1. The highest BCUT2D eigenvalue weighted by Crippen LogP contribution is 2.36. The smallest absolute Gasteiger partial charge is 0.293 e. The highest BCUT2D eigenvalue weighted by Gasteiger charge is 2.39. The van der Waals surface area contributed by atoms with Crippen molar-refractivity contribution in [2.45, 2.75) is 31.2 Å². The number of carbonyl (C=O) groups is 2. The van der Waals surface area contributed by atoms with E-state index in [2.05, 4.69) is 21.9 Å². The maximum Gasteiger partial charge on any atom is 0.293 e. The Bertz CT molecular complexity index is 692. The molecule has 0 radical (unpaired) electrons. The van der Waals surface area contributed by atoms with Gasteiger partial charge in [0.25, 0.3) is 5.56 Å². The van der Waals surface area contributed by atoms with Crippen LogP contribution in [0.5, 0.6) is 5.75 Å². The van der Waals surface area contributed by atoms with Crippen LogP contribution in [0.1, 0.15) is 31.5 Å². The molecule has 8 nitrogen and oxygen atoms in total. The van der Waals surface area contributed by atoms with Gasteiger partial charge in [-0.2, -0.15) is 0 Å². The molecule has 1 aliphatic carbocycles. The number of carbonyl (C=O) groups excluding carboxylic acids is 2. The highest BCUT2D eigenvalue weighted by atomic mass is 16.5. The van der Waals surface area contributed by atoms with Crippen LogP contribution >= 0.6 is 0 Å². The number of hydrogen-bond donors (Lipinski definition) is 2.